The molecule has 1 aromatic heterocycles. The van der Waals surface area contributed by atoms with Crippen molar-refractivity contribution in [3.05, 3.63) is 53.6 Å². The molecule has 1 heterocycles. The fourth-order valence-corrected chi connectivity index (χ4v) is 1.93. The number of methoxy groups -OCH3 is 1. The van der Waals surface area contributed by atoms with Crippen LogP contribution in [0.4, 0.5) is 15.8 Å². The lowest BCUT2D eigenvalue weighted by molar-refractivity contribution is 0.0602. The number of esters is 1. The Balaban J connectivity index is 2.29. The average molecular weight is 289 g/mol. The molecule has 6 heteroatoms. The van der Waals surface area contributed by atoms with Crippen molar-refractivity contribution in [3.8, 4) is 0 Å². The summed E-state index contributed by atoms with van der Waals surface area (Å²) in [6, 6.07) is 7.69. The number of carbonyl (C=O) groups excluding carboxylic acids is 1. The van der Waals surface area contributed by atoms with Gasteiger partial charge in [0.15, 0.2) is 0 Å². The van der Waals surface area contributed by atoms with Crippen molar-refractivity contribution in [1.29, 1.82) is 0 Å². The number of benzene rings is 1. The third-order valence-corrected chi connectivity index (χ3v) is 3.05. The molecule has 0 saturated carbocycles. The van der Waals surface area contributed by atoms with Crippen LogP contribution < -0.4 is 11.1 Å². The van der Waals surface area contributed by atoms with Crippen LogP contribution in [0, 0.1) is 5.82 Å². The van der Waals surface area contributed by atoms with E-state index in [0.29, 0.717) is 0 Å². The lowest BCUT2D eigenvalue weighted by Gasteiger charge is -2.16. The molecule has 5 nitrogen and oxygen atoms in total. The molecule has 3 N–H and O–H groups in total. The number of aromatic nitrogens is 1. The number of ether oxygens (including phenoxy) is 1. The first-order chi connectivity index (χ1) is 10.0. The second-order valence-corrected chi connectivity index (χ2v) is 4.53. The Kier molecular flexibility index (Phi) is 4.37. The molecule has 2 rings (SSSR count). The van der Waals surface area contributed by atoms with Gasteiger partial charge >= 0.3 is 5.97 Å². The molecule has 0 spiro atoms. The molecule has 0 amide bonds. The van der Waals surface area contributed by atoms with Gasteiger partial charge in [-0.15, -0.1) is 0 Å². The van der Waals surface area contributed by atoms with E-state index in [1.807, 2.05) is 19.1 Å². The minimum absolute atomic E-state index is 0.0374. The minimum Gasteiger partial charge on any atom is -0.465 e. The maximum Gasteiger partial charge on any atom is 0.340 e. The van der Waals surface area contributed by atoms with Crippen molar-refractivity contribution in [2.45, 2.75) is 13.0 Å². The first-order valence-corrected chi connectivity index (χ1v) is 6.37. The van der Waals surface area contributed by atoms with Crippen LogP contribution in [0.1, 0.15) is 29.0 Å². The zero-order valence-corrected chi connectivity index (χ0v) is 11.8. The SMILES string of the molecule is COC(=O)c1cc(NC(C)c2ccccn2)c(F)cc1N. The molecule has 0 bridgehead atoms. The second kappa shape index (κ2) is 6.21. The first-order valence-electron chi connectivity index (χ1n) is 6.37. The number of anilines is 2. The topological polar surface area (TPSA) is 77.2 Å². The maximum atomic E-state index is 14.0. The highest BCUT2D eigenvalue weighted by Crippen LogP contribution is 2.26. The summed E-state index contributed by atoms with van der Waals surface area (Å²) in [6.07, 6.45) is 1.66. The molecule has 0 aliphatic carbocycles. The van der Waals surface area contributed by atoms with Gasteiger partial charge in [-0.1, -0.05) is 6.07 Å². The third kappa shape index (κ3) is 3.28. The maximum absolute atomic E-state index is 14.0. The predicted molar refractivity (Wildman–Crippen MR) is 78.4 cm³/mol. The van der Waals surface area contributed by atoms with Gasteiger partial charge in [0.05, 0.1) is 30.1 Å². The Morgan fingerprint density at radius 2 is 2.19 bits per heavy atom. The molecular weight excluding hydrogens is 273 g/mol. The van der Waals surface area contributed by atoms with Crippen molar-refractivity contribution in [2.24, 2.45) is 0 Å². The Morgan fingerprint density at radius 3 is 2.81 bits per heavy atom. The summed E-state index contributed by atoms with van der Waals surface area (Å²) >= 11 is 0. The van der Waals surface area contributed by atoms with Gasteiger partial charge in [-0.05, 0) is 31.2 Å². The summed E-state index contributed by atoms with van der Waals surface area (Å²) in [6.45, 7) is 1.84. The third-order valence-electron chi connectivity index (χ3n) is 3.05. The monoisotopic (exact) mass is 289 g/mol. The highest BCUT2D eigenvalue weighted by molar-refractivity contribution is 5.96. The molecule has 0 aliphatic rings. The molecule has 0 fully saturated rings. The predicted octanol–water partition coefficient (Wildman–Crippen LogP) is 2.76. The molecule has 21 heavy (non-hydrogen) atoms. The Bertz CT molecular complexity index is 647. The Morgan fingerprint density at radius 1 is 1.43 bits per heavy atom. The number of nitrogen functional groups attached to an aromatic ring is 1. The van der Waals surface area contributed by atoms with E-state index in [4.69, 9.17) is 5.73 Å². The summed E-state index contributed by atoms with van der Waals surface area (Å²) in [5.41, 5.74) is 6.71. The lowest BCUT2D eigenvalue weighted by atomic mass is 10.1. The molecule has 2 aromatic rings. The van der Waals surface area contributed by atoms with E-state index in [0.717, 1.165) is 11.8 Å². The van der Waals surface area contributed by atoms with Gasteiger partial charge in [-0.2, -0.15) is 0 Å². The first kappa shape index (κ1) is 14.8. The largest absolute Gasteiger partial charge is 0.465 e. The highest BCUT2D eigenvalue weighted by Gasteiger charge is 2.16. The second-order valence-electron chi connectivity index (χ2n) is 4.53. The number of halogens is 1. The normalized spacial score (nSPS) is 11.8. The van der Waals surface area contributed by atoms with Gasteiger partial charge < -0.3 is 15.8 Å². The smallest absolute Gasteiger partial charge is 0.340 e. The number of pyridine rings is 1. The molecule has 0 radical (unpaired) electrons. The van der Waals surface area contributed by atoms with E-state index >= 15 is 0 Å². The minimum atomic E-state index is -0.610. The number of hydrogen-bond donors (Lipinski definition) is 2. The van der Waals surface area contributed by atoms with Crippen LogP contribution in [0.25, 0.3) is 0 Å². The van der Waals surface area contributed by atoms with E-state index < -0.39 is 11.8 Å². The van der Waals surface area contributed by atoms with E-state index in [1.165, 1.54) is 13.2 Å². The van der Waals surface area contributed by atoms with Gasteiger partial charge in [-0.3, -0.25) is 4.98 Å². The number of hydrogen-bond acceptors (Lipinski definition) is 5. The molecule has 1 aromatic carbocycles. The van der Waals surface area contributed by atoms with Crippen LogP contribution in [-0.2, 0) is 4.74 Å². The van der Waals surface area contributed by atoms with Crippen LogP contribution in [0.2, 0.25) is 0 Å². The van der Waals surface area contributed by atoms with Crippen LogP contribution in [-0.4, -0.2) is 18.1 Å². The fourth-order valence-electron chi connectivity index (χ4n) is 1.93. The Hall–Kier alpha value is -2.63. The van der Waals surface area contributed by atoms with Gasteiger partial charge in [-0.25, -0.2) is 9.18 Å². The fraction of sp³-hybridized carbons (Fsp3) is 0.200. The van der Waals surface area contributed by atoms with Crippen molar-refractivity contribution < 1.29 is 13.9 Å². The summed E-state index contributed by atoms with van der Waals surface area (Å²) in [4.78, 5) is 15.8. The molecule has 1 unspecified atom stereocenters. The Labute approximate surface area is 121 Å². The van der Waals surface area contributed by atoms with Crippen LogP contribution >= 0.6 is 0 Å². The number of nitrogens with one attached hydrogen (secondary N) is 1. The van der Waals surface area contributed by atoms with Gasteiger partial charge in [0.1, 0.15) is 5.82 Å². The quantitative estimate of drug-likeness (QED) is 0.668. The molecule has 0 saturated heterocycles. The van der Waals surface area contributed by atoms with E-state index in [-0.39, 0.29) is 23.0 Å². The summed E-state index contributed by atoms with van der Waals surface area (Å²) in [7, 11) is 1.24. The van der Waals surface area contributed by atoms with Crippen molar-refractivity contribution in [1.82, 2.24) is 4.98 Å². The molecular formula is C15H16FN3O2. The van der Waals surface area contributed by atoms with E-state index in [1.54, 1.807) is 12.3 Å². The van der Waals surface area contributed by atoms with Gasteiger partial charge in [0.25, 0.3) is 0 Å². The zero-order valence-electron chi connectivity index (χ0n) is 11.8. The summed E-state index contributed by atoms with van der Waals surface area (Å²) in [5.74, 6) is -1.15. The van der Waals surface area contributed by atoms with E-state index in [9.17, 15) is 9.18 Å². The van der Waals surface area contributed by atoms with Crippen molar-refractivity contribution >= 4 is 17.3 Å². The zero-order chi connectivity index (χ0) is 15.4. The molecule has 0 aliphatic heterocycles. The van der Waals surface area contributed by atoms with Crippen LogP contribution in [0.15, 0.2) is 36.5 Å². The van der Waals surface area contributed by atoms with Crippen molar-refractivity contribution in [3.63, 3.8) is 0 Å². The van der Waals surface area contributed by atoms with Gasteiger partial charge in [0.2, 0.25) is 0 Å². The van der Waals surface area contributed by atoms with Crippen LogP contribution in [0.5, 0.6) is 0 Å². The number of carbonyl (C=O) groups is 1. The van der Waals surface area contributed by atoms with E-state index in [2.05, 4.69) is 15.0 Å². The van der Waals surface area contributed by atoms with Crippen LogP contribution in [0.3, 0.4) is 0 Å². The standard InChI is InChI=1S/C15H16FN3O2/c1-9(13-5-3-4-6-18-13)19-14-7-10(15(20)21-2)12(17)8-11(14)16/h3-9,19H,17H2,1-2H3. The summed E-state index contributed by atoms with van der Waals surface area (Å²) in [5, 5.41) is 2.97. The average Bonchev–Trinajstić information content (AvgIpc) is 2.50. The number of rotatable bonds is 4. The molecule has 110 valence electrons. The lowest BCUT2D eigenvalue weighted by Crippen LogP contribution is -2.12. The molecule has 1 atom stereocenters. The highest BCUT2D eigenvalue weighted by atomic mass is 19.1. The summed E-state index contributed by atoms with van der Waals surface area (Å²) < 4.78 is 18.6. The number of nitrogens with zero attached hydrogens (tertiary/aromatic N) is 1. The number of nitrogens with two attached hydrogens (primary N) is 1. The van der Waals surface area contributed by atoms with Crippen molar-refractivity contribution in [2.75, 3.05) is 18.2 Å². The van der Waals surface area contributed by atoms with Gasteiger partial charge in [0, 0.05) is 11.9 Å².